The second kappa shape index (κ2) is 8.56. The minimum Gasteiger partial charge on any atom is -0.508 e. The van der Waals surface area contributed by atoms with Crippen molar-refractivity contribution in [2.75, 3.05) is 0 Å². The van der Waals surface area contributed by atoms with E-state index in [9.17, 15) is 10.2 Å². The number of nitrogens with zero attached hydrogens (tertiary/aromatic N) is 3. The Bertz CT molecular complexity index is 1290. The molecule has 170 valence electrons. The summed E-state index contributed by atoms with van der Waals surface area (Å²) in [6.45, 7) is 0. The third kappa shape index (κ3) is 3.71. The van der Waals surface area contributed by atoms with Crippen molar-refractivity contribution < 1.29 is 10.2 Å². The smallest absolute Gasteiger partial charge is 0.167 e. The van der Waals surface area contributed by atoms with Crippen molar-refractivity contribution in [3.05, 3.63) is 101 Å². The van der Waals surface area contributed by atoms with Crippen LogP contribution in [0.5, 0.6) is 11.5 Å². The van der Waals surface area contributed by atoms with Gasteiger partial charge in [-0.2, -0.15) is 0 Å². The Hall–Kier alpha value is -3.73. The third-order valence-corrected chi connectivity index (χ3v) is 7.25. The quantitative estimate of drug-likeness (QED) is 0.408. The zero-order valence-electron chi connectivity index (χ0n) is 19.0. The first-order valence-corrected chi connectivity index (χ1v) is 12.1. The molecule has 1 aromatic heterocycles. The fraction of sp³-hybridized carbons (Fsp3) is 0.276. The number of rotatable bonds is 3. The van der Waals surface area contributed by atoms with Crippen LogP contribution in [0, 0.1) is 0 Å². The summed E-state index contributed by atoms with van der Waals surface area (Å²) in [7, 11) is 0. The molecule has 1 heterocycles. The van der Waals surface area contributed by atoms with Crippen molar-refractivity contribution >= 4 is 0 Å². The Labute approximate surface area is 199 Å². The molecule has 0 saturated carbocycles. The molecule has 0 fully saturated rings. The maximum atomic E-state index is 10.6. The van der Waals surface area contributed by atoms with Gasteiger partial charge in [0.15, 0.2) is 5.82 Å². The van der Waals surface area contributed by atoms with Gasteiger partial charge in [-0.1, -0.05) is 48.5 Å². The van der Waals surface area contributed by atoms with E-state index in [1.165, 1.54) is 28.3 Å². The molecular weight excluding hydrogens is 422 g/mol. The van der Waals surface area contributed by atoms with Crippen LogP contribution in [0.2, 0.25) is 0 Å². The lowest BCUT2D eigenvalue weighted by Gasteiger charge is -2.27. The molecule has 2 aliphatic rings. The molecule has 0 aliphatic heterocycles. The van der Waals surface area contributed by atoms with Crippen molar-refractivity contribution in [1.82, 2.24) is 15.0 Å². The molecule has 6 rings (SSSR count). The molecule has 0 saturated heterocycles. The number of hydrogen-bond donors (Lipinski definition) is 2. The van der Waals surface area contributed by atoms with E-state index in [1.54, 1.807) is 12.1 Å². The molecule has 34 heavy (non-hydrogen) atoms. The van der Waals surface area contributed by atoms with Crippen LogP contribution in [0.1, 0.15) is 71.4 Å². The Morgan fingerprint density at radius 3 is 1.76 bits per heavy atom. The number of benzene rings is 3. The Morgan fingerprint density at radius 1 is 0.647 bits per heavy atom. The summed E-state index contributed by atoms with van der Waals surface area (Å²) < 4.78 is 0. The van der Waals surface area contributed by atoms with Crippen LogP contribution in [-0.4, -0.2) is 25.2 Å². The van der Waals surface area contributed by atoms with E-state index in [2.05, 4.69) is 48.5 Å². The molecule has 3 aromatic carbocycles. The number of fused-ring (bicyclic) bond motifs is 2. The summed E-state index contributed by atoms with van der Waals surface area (Å²) in [5, 5.41) is 20.4. The minimum absolute atomic E-state index is 0.0122. The first-order chi connectivity index (χ1) is 16.7. The van der Waals surface area contributed by atoms with Gasteiger partial charge in [0.05, 0.1) is 5.56 Å². The number of aryl methyl sites for hydroxylation is 2. The molecular formula is C29H27N3O2. The molecule has 2 atom stereocenters. The monoisotopic (exact) mass is 449 g/mol. The van der Waals surface area contributed by atoms with E-state index in [-0.39, 0.29) is 23.3 Å². The molecule has 0 amide bonds. The Morgan fingerprint density at radius 2 is 1.21 bits per heavy atom. The molecule has 2 N–H and O–H groups in total. The maximum Gasteiger partial charge on any atom is 0.167 e. The number of aromatic nitrogens is 3. The highest BCUT2D eigenvalue weighted by atomic mass is 16.3. The van der Waals surface area contributed by atoms with Crippen molar-refractivity contribution in [3.8, 4) is 22.9 Å². The lowest BCUT2D eigenvalue weighted by atomic mass is 9.81. The van der Waals surface area contributed by atoms with Gasteiger partial charge in [-0.05, 0) is 72.9 Å². The molecule has 0 radical (unpaired) electrons. The minimum atomic E-state index is -0.0313. The van der Waals surface area contributed by atoms with E-state index in [0.717, 1.165) is 50.2 Å². The van der Waals surface area contributed by atoms with Crippen molar-refractivity contribution in [1.29, 1.82) is 0 Å². The van der Waals surface area contributed by atoms with Crippen LogP contribution in [0.15, 0.2) is 66.7 Å². The summed E-state index contributed by atoms with van der Waals surface area (Å²) in [5.41, 5.74) is 5.80. The van der Waals surface area contributed by atoms with Gasteiger partial charge in [-0.3, -0.25) is 0 Å². The maximum absolute atomic E-state index is 10.6. The summed E-state index contributed by atoms with van der Waals surface area (Å²) >= 11 is 0. The van der Waals surface area contributed by atoms with Crippen LogP contribution < -0.4 is 0 Å². The molecule has 0 bridgehead atoms. The van der Waals surface area contributed by atoms with E-state index in [1.807, 2.05) is 0 Å². The number of phenols is 2. The van der Waals surface area contributed by atoms with Gasteiger partial charge in [-0.15, -0.1) is 0 Å². The van der Waals surface area contributed by atoms with Crippen molar-refractivity contribution in [3.63, 3.8) is 0 Å². The average molecular weight is 450 g/mol. The normalized spacial score (nSPS) is 19.3. The predicted octanol–water partition coefficient (Wildman–Crippen LogP) is 5.89. The number of hydrogen-bond acceptors (Lipinski definition) is 5. The van der Waals surface area contributed by atoms with E-state index >= 15 is 0 Å². The molecule has 0 spiro atoms. The van der Waals surface area contributed by atoms with Crippen LogP contribution >= 0.6 is 0 Å². The van der Waals surface area contributed by atoms with Gasteiger partial charge in [0.2, 0.25) is 0 Å². The first-order valence-electron chi connectivity index (χ1n) is 12.1. The van der Waals surface area contributed by atoms with Crippen LogP contribution in [-0.2, 0) is 12.8 Å². The van der Waals surface area contributed by atoms with Crippen molar-refractivity contribution in [2.24, 2.45) is 0 Å². The second-order valence-electron chi connectivity index (χ2n) is 9.36. The zero-order chi connectivity index (χ0) is 23.1. The van der Waals surface area contributed by atoms with Gasteiger partial charge in [-0.25, -0.2) is 15.0 Å². The molecule has 4 aromatic rings. The van der Waals surface area contributed by atoms with Crippen molar-refractivity contribution in [2.45, 2.75) is 50.4 Å². The predicted molar refractivity (Wildman–Crippen MR) is 131 cm³/mol. The lowest BCUT2D eigenvalue weighted by molar-refractivity contribution is 0.451. The first kappa shape index (κ1) is 20.8. The number of aromatic hydroxyl groups is 2. The van der Waals surface area contributed by atoms with Crippen LogP contribution in [0.25, 0.3) is 11.4 Å². The summed E-state index contributed by atoms with van der Waals surface area (Å²) in [6.07, 6.45) is 6.31. The van der Waals surface area contributed by atoms with E-state index < -0.39 is 0 Å². The topological polar surface area (TPSA) is 79.1 Å². The highest BCUT2D eigenvalue weighted by molar-refractivity contribution is 5.65. The summed E-state index contributed by atoms with van der Waals surface area (Å²) in [6, 6.07) is 21.7. The molecule has 2 aliphatic carbocycles. The second-order valence-corrected chi connectivity index (χ2v) is 9.36. The Kier molecular flexibility index (Phi) is 5.25. The Balaban J connectivity index is 1.53. The fourth-order valence-corrected chi connectivity index (χ4v) is 5.59. The average Bonchev–Trinajstić information content (AvgIpc) is 2.88. The van der Waals surface area contributed by atoms with Gasteiger partial charge in [0, 0.05) is 17.9 Å². The summed E-state index contributed by atoms with van der Waals surface area (Å²) in [5.74, 6) is 2.18. The molecule has 5 nitrogen and oxygen atoms in total. The summed E-state index contributed by atoms with van der Waals surface area (Å²) in [4.78, 5) is 14.9. The molecule has 5 heteroatoms. The highest BCUT2D eigenvalue weighted by Crippen LogP contribution is 2.40. The number of phenolic OH excluding ortho intramolecular Hbond substituents is 2. The van der Waals surface area contributed by atoms with Gasteiger partial charge < -0.3 is 10.2 Å². The van der Waals surface area contributed by atoms with Gasteiger partial charge in [0.1, 0.15) is 23.1 Å². The molecule has 2 unspecified atom stereocenters. The van der Waals surface area contributed by atoms with Gasteiger partial charge >= 0.3 is 0 Å². The standard InChI is InChI=1S/C29H27N3O2/c33-20-15-16-25(26(34)17-20)29-31-27(23-13-5-9-18-7-1-3-11-21(18)23)30-28(32-29)24-14-6-10-19-8-2-4-12-22(19)24/h1-4,7-8,11-12,15-17,23-24,33-34H,5-6,9-10,13-14H2. The van der Waals surface area contributed by atoms with Gasteiger partial charge in [0.25, 0.3) is 0 Å². The lowest BCUT2D eigenvalue weighted by Crippen LogP contribution is -2.19. The van der Waals surface area contributed by atoms with E-state index in [4.69, 9.17) is 15.0 Å². The largest absolute Gasteiger partial charge is 0.508 e. The van der Waals surface area contributed by atoms with Crippen LogP contribution in [0.3, 0.4) is 0 Å². The fourth-order valence-electron chi connectivity index (χ4n) is 5.59. The highest BCUT2D eigenvalue weighted by Gasteiger charge is 2.29. The van der Waals surface area contributed by atoms with Crippen LogP contribution in [0.4, 0.5) is 0 Å². The van der Waals surface area contributed by atoms with E-state index in [0.29, 0.717) is 11.4 Å². The SMILES string of the molecule is Oc1ccc(-c2nc(C3CCCc4ccccc43)nc(C3CCCc4ccccc43)n2)c(O)c1. The zero-order valence-corrected chi connectivity index (χ0v) is 19.0. The third-order valence-electron chi connectivity index (χ3n) is 7.25.